The van der Waals surface area contributed by atoms with E-state index in [0.717, 1.165) is 6.04 Å². The first kappa shape index (κ1) is 11.0. The van der Waals surface area contributed by atoms with Gasteiger partial charge in [0.25, 0.3) is 0 Å². The molecule has 2 unspecified atom stereocenters. The topological polar surface area (TPSA) is 15.3 Å². The highest BCUT2D eigenvalue weighted by atomic mass is 15.2. The fraction of sp³-hybridized carbons (Fsp3) is 1.00. The first-order chi connectivity index (χ1) is 6.24. The van der Waals surface area contributed by atoms with Gasteiger partial charge in [-0.2, -0.15) is 0 Å². The molecule has 0 bridgehead atoms. The fourth-order valence-corrected chi connectivity index (χ4v) is 1.99. The van der Waals surface area contributed by atoms with E-state index in [0.29, 0.717) is 6.04 Å². The summed E-state index contributed by atoms with van der Waals surface area (Å²) in [5.74, 6) is 0. The molecule has 1 heterocycles. The molecule has 0 amide bonds. The van der Waals surface area contributed by atoms with E-state index in [9.17, 15) is 0 Å². The quantitative estimate of drug-likeness (QED) is 0.717. The Hall–Kier alpha value is -0.0800. The largest absolute Gasteiger partial charge is 0.317 e. The zero-order valence-electron chi connectivity index (χ0n) is 9.34. The average Bonchev–Trinajstić information content (AvgIpc) is 2.16. The van der Waals surface area contributed by atoms with Gasteiger partial charge >= 0.3 is 0 Å². The van der Waals surface area contributed by atoms with Gasteiger partial charge in [0.1, 0.15) is 0 Å². The maximum absolute atomic E-state index is 3.29. The third kappa shape index (κ3) is 3.65. The third-order valence-electron chi connectivity index (χ3n) is 3.28. The Morgan fingerprint density at radius 3 is 2.85 bits per heavy atom. The van der Waals surface area contributed by atoms with Crippen molar-refractivity contribution < 1.29 is 0 Å². The molecule has 2 nitrogen and oxygen atoms in total. The molecule has 0 aliphatic carbocycles. The summed E-state index contributed by atoms with van der Waals surface area (Å²) in [6.45, 7) is 7.21. The van der Waals surface area contributed by atoms with E-state index < -0.39 is 0 Å². The lowest BCUT2D eigenvalue weighted by Crippen LogP contribution is -2.40. The van der Waals surface area contributed by atoms with Crippen LogP contribution in [0.5, 0.6) is 0 Å². The molecule has 1 N–H and O–H groups in total. The second-order valence-electron chi connectivity index (χ2n) is 4.36. The first-order valence-electron chi connectivity index (χ1n) is 5.65. The van der Waals surface area contributed by atoms with E-state index >= 15 is 0 Å². The minimum Gasteiger partial charge on any atom is -0.317 e. The van der Waals surface area contributed by atoms with Gasteiger partial charge in [-0.25, -0.2) is 0 Å². The van der Waals surface area contributed by atoms with Crippen molar-refractivity contribution in [1.82, 2.24) is 10.2 Å². The normalized spacial score (nSPS) is 27.5. The van der Waals surface area contributed by atoms with Crippen LogP contribution in [-0.4, -0.2) is 37.1 Å². The summed E-state index contributed by atoms with van der Waals surface area (Å²) in [5, 5.41) is 3.29. The number of rotatable bonds is 4. The van der Waals surface area contributed by atoms with E-state index in [1.54, 1.807) is 0 Å². The van der Waals surface area contributed by atoms with Crippen LogP contribution in [-0.2, 0) is 0 Å². The zero-order chi connectivity index (χ0) is 9.68. The van der Waals surface area contributed by atoms with Crippen LogP contribution in [0.3, 0.4) is 0 Å². The molecular weight excluding hydrogens is 160 g/mol. The SMILES string of the molecule is CNC(C)CCN1CCCCC1C. The van der Waals surface area contributed by atoms with Crippen molar-refractivity contribution in [2.75, 3.05) is 20.1 Å². The molecule has 1 rings (SSSR count). The highest BCUT2D eigenvalue weighted by Crippen LogP contribution is 2.16. The summed E-state index contributed by atoms with van der Waals surface area (Å²) < 4.78 is 0. The third-order valence-corrected chi connectivity index (χ3v) is 3.28. The molecular formula is C11H24N2. The molecule has 2 atom stereocenters. The summed E-state index contributed by atoms with van der Waals surface area (Å²) in [5.41, 5.74) is 0. The second kappa shape index (κ2) is 5.61. The Balaban J connectivity index is 2.18. The maximum Gasteiger partial charge on any atom is 0.00669 e. The molecule has 1 fully saturated rings. The van der Waals surface area contributed by atoms with Gasteiger partial charge in [-0.1, -0.05) is 6.42 Å². The Kier molecular flexibility index (Phi) is 4.74. The molecule has 1 aliphatic rings. The molecule has 0 radical (unpaired) electrons. The van der Waals surface area contributed by atoms with E-state index in [1.807, 2.05) is 7.05 Å². The van der Waals surface area contributed by atoms with Crippen LogP contribution in [0.25, 0.3) is 0 Å². The number of nitrogens with zero attached hydrogens (tertiary/aromatic N) is 1. The number of hydrogen-bond acceptors (Lipinski definition) is 2. The molecule has 13 heavy (non-hydrogen) atoms. The van der Waals surface area contributed by atoms with E-state index in [1.165, 1.54) is 38.8 Å². The number of nitrogens with one attached hydrogen (secondary N) is 1. The van der Waals surface area contributed by atoms with Crippen LogP contribution in [0.15, 0.2) is 0 Å². The summed E-state index contributed by atoms with van der Waals surface area (Å²) in [7, 11) is 2.05. The molecule has 0 spiro atoms. The molecule has 78 valence electrons. The molecule has 0 saturated carbocycles. The standard InChI is InChI=1S/C11H24N2/c1-10(12-3)7-9-13-8-5-4-6-11(13)2/h10-12H,4-9H2,1-3H3. The molecule has 1 aliphatic heterocycles. The van der Waals surface area contributed by atoms with Crippen molar-refractivity contribution in [3.05, 3.63) is 0 Å². The van der Waals surface area contributed by atoms with Crippen molar-refractivity contribution in [3.8, 4) is 0 Å². The number of hydrogen-bond donors (Lipinski definition) is 1. The molecule has 0 aromatic carbocycles. The highest BCUT2D eigenvalue weighted by Gasteiger charge is 2.17. The minimum atomic E-state index is 0.661. The minimum absolute atomic E-state index is 0.661. The summed E-state index contributed by atoms with van der Waals surface area (Å²) in [6.07, 6.45) is 5.51. The van der Waals surface area contributed by atoms with Crippen molar-refractivity contribution in [1.29, 1.82) is 0 Å². The summed E-state index contributed by atoms with van der Waals surface area (Å²) in [6, 6.07) is 1.48. The van der Waals surface area contributed by atoms with Gasteiger partial charge in [0, 0.05) is 12.1 Å². The van der Waals surface area contributed by atoms with Crippen molar-refractivity contribution >= 4 is 0 Å². The summed E-state index contributed by atoms with van der Waals surface area (Å²) in [4.78, 5) is 2.64. The van der Waals surface area contributed by atoms with Crippen LogP contribution < -0.4 is 5.32 Å². The van der Waals surface area contributed by atoms with Crippen molar-refractivity contribution in [3.63, 3.8) is 0 Å². The van der Waals surface area contributed by atoms with E-state index in [4.69, 9.17) is 0 Å². The monoisotopic (exact) mass is 184 g/mol. The van der Waals surface area contributed by atoms with Gasteiger partial charge in [0.15, 0.2) is 0 Å². The van der Waals surface area contributed by atoms with Gasteiger partial charge in [-0.15, -0.1) is 0 Å². The fourth-order valence-electron chi connectivity index (χ4n) is 1.99. The van der Waals surface area contributed by atoms with Crippen molar-refractivity contribution in [2.24, 2.45) is 0 Å². The molecule has 0 aromatic rings. The zero-order valence-corrected chi connectivity index (χ0v) is 9.34. The predicted octanol–water partition coefficient (Wildman–Crippen LogP) is 1.86. The van der Waals surface area contributed by atoms with Gasteiger partial charge in [-0.3, -0.25) is 0 Å². The Labute approximate surface area is 82.7 Å². The van der Waals surface area contributed by atoms with Gasteiger partial charge in [-0.05, 0) is 53.2 Å². The van der Waals surface area contributed by atoms with E-state index in [-0.39, 0.29) is 0 Å². The lowest BCUT2D eigenvalue weighted by atomic mass is 10.0. The number of piperidine rings is 1. The Morgan fingerprint density at radius 1 is 1.46 bits per heavy atom. The van der Waals surface area contributed by atoms with Gasteiger partial charge in [0.2, 0.25) is 0 Å². The predicted molar refractivity (Wildman–Crippen MR) is 58.0 cm³/mol. The molecule has 2 heteroatoms. The number of likely N-dealkylation sites (tertiary alicyclic amines) is 1. The van der Waals surface area contributed by atoms with E-state index in [2.05, 4.69) is 24.1 Å². The first-order valence-corrected chi connectivity index (χ1v) is 5.65. The maximum atomic E-state index is 3.29. The van der Waals surface area contributed by atoms with Crippen molar-refractivity contribution in [2.45, 2.75) is 51.6 Å². The smallest absolute Gasteiger partial charge is 0.00669 e. The molecule has 0 aromatic heterocycles. The van der Waals surface area contributed by atoms with Gasteiger partial charge in [0.05, 0.1) is 0 Å². The Bertz CT molecular complexity index is 136. The van der Waals surface area contributed by atoms with Crippen LogP contribution >= 0.6 is 0 Å². The van der Waals surface area contributed by atoms with Gasteiger partial charge < -0.3 is 10.2 Å². The van der Waals surface area contributed by atoms with Crippen LogP contribution in [0.1, 0.15) is 39.5 Å². The molecule has 1 saturated heterocycles. The lowest BCUT2D eigenvalue weighted by molar-refractivity contribution is 0.155. The lowest BCUT2D eigenvalue weighted by Gasteiger charge is -2.33. The average molecular weight is 184 g/mol. The Morgan fingerprint density at radius 2 is 2.23 bits per heavy atom. The highest BCUT2D eigenvalue weighted by molar-refractivity contribution is 4.74. The van der Waals surface area contributed by atoms with Crippen LogP contribution in [0.2, 0.25) is 0 Å². The van der Waals surface area contributed by atoms with Crippen LogP contribution in [0.4, 0.5) is 0 Å². The van der Waals surface area contributed by atoms with Crippen LogP contribution in [0, 0.1) is 0 Å². The second-order valence-corrected chi connectivity index (χ2v) is 4.36. The summed E-state index contributed by atoms with van der Waals surface area (Å²) >= 11 is 0.